The van der Waals surface area contributed by atoms with E-state index in [1.54, 1.807) is 12.4 Å². The molecule has 238 valence electrons. The van der Waals surface area contributed by atoms with Gasteiger partial charge < -0.3 is 24.4 Å². The lowest BCUT2D eigenvalue weighted by atomic mass is 9.92. The molecule has 0 aliphatic carbocycles. The van der Waals surface area contributed by atoms with Crippen LogP contribution in [-0.2, 0) is 9.47 Å². The van der Waals surface area contributed by atoms with Gasteiger partial charge in [0.25, 0.3) is 0 Å². The summed E-state index contributed by atoms with van der Waals surface area (Å²) in [5, 5.41) is 18.8. The molecule has 2 aliphatic heterocycles. The zero-order chi connectivity index (χ0) is 31.9. The van der Waals surface area contributed by atoms with E-state index in [-0.39, 0.29) is 6.23 Å². The third-order valence-electron chi connectivity index (χ3n) is 7.82. The fraction of sp³-hybridized carbons (Fsp3) is 0.469. The highest BCUT2D eigenvalue weighted by Gasteiger charge is 2.42. The summed E-state index contributed by atoms with van der Waals surface area (Å²) in [5.41, 5.74) is 1.91. The minimum absolute atomic E-state index is 0.168. The number of hydrogen-bond acceptors (Lipinski definition) is 9. The fourth-order valence-corrected chi connectivity index (χ4v) is 6.47. The van der Waals surface area contributed by atoms with Gasteiger partial charge in [0.15, 0.2) is 12.0 Å². The van der Waals surface area contributed by atoms with Crippen molar-refractivity contribution in [3.63, 3.8) is 0 Å². The van der Waals surface area contributed by atoms with Crippen molar-refractivity contribution in [3.05, 3.63) is 58.3 Å². The molecule has 6 rings (SSSR count). The van der Waals surface area contributed by atoms with Crippen molar-refractivity contribution >= 4 is 46.0 Å². The molecule has 1 aromatic carbocycles. The molecular weight excluding hydrogens is 617 g/mol. The molecule has 5 heterocycles. The van der Waals surface area contributed by atoms with Crippen molar-refractivity contribution in [1.82, 2.24) is 30.3 Å². The number of hydrogen-bond donors (Lipinski definition) is 1. The van der Waals surface area contributed by atoms with Crippen molar-refractivity contribution < 1.29 is 19.0 Å². The lowest BCUT2D eigenvalue weighted by molar-refractivity contribution is -0.0365. The van der Waals surface area contributed by atoms with Gasteiger partial charge >= 0.3 is 6.09 Å². The second-order valence-electron chi connectivity index (χ2n) is 12.9. The van der Waals surface area contributed by atoms with E-state index < -0.39 is 23.3 Å². The van der Waals surface area contributed by atoms with E-state index >= 15 is 0 Å². The molecule has 0 radical (unpaired) electrons. The number of halogens is 2. The Morgan fingerprint density at radius 3 is 2.51 bits per heavy atom. The van der Waals surface area contributed by atoms with Crippen molar-refractivity contribution in [2.75, 3.05) is 24.6 Å². The average Bonchev–Trinajstić information content (AvgIpc) is 3.34. The van der Waals surface area contributed by atoms with Crippen LogP contribution in [0.25, 0.3) is 22.3 Å². The Kier molecular flexibility index (Phi) is 8.53. The van der Waals surface area contributed by atoms with Crippen LogP contribution >= 0.6 is 23.2 Å². The smallest absolute Gasteiger partial charge is 0.408 e. The Morgan fingerprint density at radius 1 is 1.11 bits per heavy atom. The minimum Gasteiger partial charge on any atom is -0.486 e. The van der Waals surface area contributed by atoms with Gasteiger partial charge in [0.2, 0.25) is 0 Å². The molecule has 1 unspecified atom stereocenters. The van der Waals surface area contributed by atoms with Gasteiger partial charge in [-0.2, -0.15) is 5.10 Å². The van der Waals surface area contributed by atoms with Crippen LogP contribution in [0.5, 0.6) is 5.75 Å². The number of nitrogens with zero attached hydrogens (tertiary/aromatic N) is 6. The molecule has 0 spiro atoms. The van der Waals surface area contributed by atoms with Crippen LogP contribution < -0.4 is 15.0 Å². The van der Waals surface area contributed by atoms with Crippen molar-refractivity contribution in [1.29, 1.82) is 0 Å². The number of pyridine rings is 1. The Morgan fingerprint density at radius 2 is 1.87 bits per heavy atom. The molecule has 4 aromatic rings. The summed E-state index contributed by atoms with van der Waals surface area (Å²) in [6.45, 7) is 11.3. The standard InChI is InChI=1S/C32H37Cl2N7O4/c1-19(28-22(33)15-35-16-23(28)34)44-20-9-11-25-21(14-20)29(39-41(25)27-8-6-7-13-43-27)24-10-12-26(38-37-24)40-17-32(5,18-40)36-30(42)45-31(2,3)4/h9-12,14-16,19,27H,6-8,13,17-18H2,1-5H3,(H,36,42)/t19-,27?/m1/s1. The Balaban J connectivity index is 1.25. The van der Waals surface area contributed by atoms with E-state index in [0.717, 1.165) is 30.2 Å². The number of benzene rings is 1. The number of fused-ring (bicyclic) bond motifs is 1. The summed E-state index contributed by atoms with van der Waals surface area (Å²) in [4.78, 5) is 18.4. The van der Waals surface area contributed by atoms with Gasteiger partial charge in [-0.05, 0) is 84.2 Å². The number of rotatable bonds is 7. The number of nitrogens with one attached hydrogen (secondary N) is 1. The van der Waals surface area contributed by atoms with E-state index in [4.69, 9.17) is 42.5 Å². The maximum absolute atomic E-state index is 12.3. The molecule has 3 aromatic heterocycles. The van der Waals surface area contributed by atoms with Crippen LogP contribution in [0.2, 0.25) is 10.0 Å². The van der Waals surface area contributed by atoms with Gasteiger partial charge in [-0.1, -0.05) is 23.2 Å². The number of carbonyl (C=O) groups is 1. The summed E-state index contributed by atoms with van der Waals surface area (Å²) in [6.07, 6.45) is 5.07. The number of ether oxygens (including phenoxy) is 3. The minimum atomic E-state index is -0.558. The van der Waals surface area contributed by atoms with Crippen molar-refractivity contribution in [2.24, 2.45) is 0 Å². The monoisotopic (exact) mass is 653 g/mol. The Bertz CT molecular complexity index is 1670. The molecule has 11 nitrogen and oxygen atoms in total. The van der Waals surface area contributed by atoms with Crippen LogP contribution in [0.3, 0.4) is 0 Å². The van der Waals surface area contributed by atoms with Gasteiger partial charge in [-0.3, -0.25) is 4.98 Å². The van der Waals surface area contributed by atoms with E-state index in [1.807, 2.05) is 69.6 Å². The van der Waals surface area contributed by atoms with Crippen molar-refractivity contribution in [3.8, 4) is 17.1 Å². The summed E-state index contributed by atoms with van der Waals surface area (Å²) in [5.74, 6) is 1.34. The van der Waals surface area contributed by atoms with E-state index in [2.05, 4.69) is 25.4 Å². The van der Waals surface area contributed by atoms with Crippen LogP contribution in [0.1, 0.15) is 71.8 Å². The number of amides is 1. The number of alkyl carbamates (subject to hydrolysis) is 1. The van der Waals surface area contributed by atoms with Crippen LogP contribution in [0.15, 0.2) is 42.7 Å². The number of carbonyl (C=O) groups excluding carboxylic acids is 1. The average molecular weight is 655 g/mol. The van der Waals surface area contributed by atoms with Gasteiger partial charge in [0.1, 0.15) is 28.8 Å². The first kappa shape index (κ1) is 31.3. The normalized spacial score (nSPS) is 18.7. The summed E-state index contributed by atoms with van der Waals surface area (Å²) >= 11 is 12.8. The van der Waals surface area contributed by atoms with Crippen LogP contribution in [-0.4, -0.2) is 61.9 Å². The first-order chi connectivity index (χ1) is 21.4. The predicted octanol–water partition coefficient (Wildman–Crippen LogP) is 7.14. The zero-order valence-corrected chi connectivity index (χ0v) is 27.5. The zero-order valence-electron chi connectivity index (χ0n) is 26.0. The maximum Gasteiger partial charge on any atom is 0.408 e. The molecule has 2 fully saturated rings. The van der Waals surface area contributed by atoms with Crippen LogP contribution in [0.4, 0.5) is 10.6 Å². The maximum atomic E-state index is 12.3. The Labute approximate surface area is 272 Å². The second-order valence-corrected chi connectivity index (χ2v) is 13.7. The van der Waals surface area contributed by atoms with Gasteiger partial charge in [-0.25, -0.2) is 9.48 Å². The topological polar surface area (TPSA) is 117 Å². The lowest BCUT2D eigenvalue weighted by Crippen LogP contribution is -2.69. The quantitative estimate of drug-likeness (QED) is 0.222. The molecule has 1 amide bonds. The van der Waals surface area contributed by atoms with E-state index in [9.17, 15) is 4.79 Å². The largest absolute Gasteiger partial charge is 0.486 e. The third kappa shape index (κ3) is 6.80. The highest BCUT2D eigenvalue weighted by Crippen LogP contribution is 2.37. The molecule has 1 N–H and O–H groups in total. The lowest BCUT2D eigenvalue weighted by Gasteiger charge is -2.48. The summed E-state index contributed by atoms with van der Waals surface area (Å²) in [6, 6.07) is 9.69. The fourth-order valence-electron chi connectivity index (χ4n) is 5.80. The first-order valence-electron chi connectivity index (χ1n) is 15.1. The molecule has 2 atom stereocenters. The molecule has 2 saturated heterocycles. The Hall–Kier alpha value is -3.67. The number of anilines is 1. The van der Waals surface area contributed by atoms with Gasteiger partial charge in [0, 0.05) is 43.0 Å². The second kappa shape index (κ2) is 12.3. The van der Waals surface area contributed by atoms with Gasteiger partial charge in [0.05, 0.1) is 21.1 Å². The molecule has 2 aliphatic rings. The van der Waals surface area contributed by atoms with Crippen LogP contribution in [0, 0.1) is 0 Å². The van der Waals surface area contributed by atoms with E-state index in [0.29, 0.717) is 58.3 Å². The summed E-state index contributed by atoms with van der Waals surface area (Å²) < 4.78 is 19.8. The molecule has 0 bridgehead atoms. The van der Waals surface area contributed by atoms with Crippen molar-refractivity contribution in [2.45, 2.75) is 77.4 Å². The first-order valence-corrected chi connectivity index (χ1v) is 15.8. The molecular formula is C32H37Cl2N7O4. The molecule has 13 heteroatoms. The third-order valence-corrected chi connectivity index (χ3v) is 8.42. The molecule has 0 saturated carbocycles. The SMILES string of the molecule is C[C@@H](Oc1ccc2c(c1)c(-c1ccc(N3CC(C)(NC(=O)OC(C)(C)C)C3)nn1)nn2C1CCCCO1)c1c(Cl)cncc1Cl. The predicted molar refractivity (Wildman–Crippen MR) is 173 cm³/mol. The highest BCUT2D eigenvalue weighted by molar-refractivity contribution is 6.35. The van der Waals surface area contributed by atoms with E-state index in [1.165, 1.54) is 0 Å². The van der Waals surface area contributed by atoms with Gasteiger partial charge in [-0.15, -0.1) is 10.2 Å². The molecule has 45 heavy (non-hydrogen) atoms. The number of aromatic nitrogens is 5. The highest BCUT2D eigenvalue weighted by atomic mass is 35.5. The summed E-state index contributed by atoms with van der Waals surface area (Å²) in [7, 11) is 0.